The lowest BCUT2D eigenvalue weighted by Crippen LogP contribution is -2.09. The third-order valence-corrected chi connectivity index (χ3v) is 2.86. The van der Waals surface area contributed by atoms with E-state index in [1.54, 1.807) is 0 Å². The number of benzene rings is 1. The topological polar surface area (TPSA) is 41.8 Å². The second kappa shape index (κ2) is 3.64. The lowest BCUT2D eigenvalue weighted by molar-refractivity contribution is 0.704. The Hall–Kier alpha value is -0.990. The van der Waals surface area contributed by atoms with Crippen molar-refractivity contribution in [3.8, 4) is 0 Å². The van der Waals surface area contributed by atoms with Crippen LogP contribution in [0, 0.1) is 0 Å². The molecule has 2 aromatic rings. The maximum atomic E-state index is 6.14. The van der Waals surface area contributed by atoms with Crippen molar-refractivity contribution in [3.05, 3.63) is 35.0 Å². The van der Waals surface area contributed by atoms with E-state index in [9.17, 15) is 0 Å². The van der Waals surface area contributed by atoms with Crippen LogP contribution in [0.4, 0.5) is 0 Å². The monoisotopic (exact) mass is 208 g/mol. The normalized spacial score (nSPS) is 13.4. The number of aromatic amines is 1. The van der Waals surface area contributed by atoms with Crippen LogP contribution in [-0.4, -0.2) is 4.98 Å². The molecule has 1 unspecified atom stereocenters. The molecule has 74 valence electrons. The van der Waals surface area contributed by atoms with Crippen molar-refractivity contribution >= 4 is 22.5 Å². The van der Waals surface area contributed by atoms with Gasteiger partial charge in [0.25, 0.3) is 0 Å². The smallest absolute Gasteiger partial charge is 0.0461 e. The van der Waals surface area contributed by atoms with E-state index >= 15 is 0 Å². The van der Waals surface area contributed by atoms with Gasteiger partial charge in [0.05, 0.1) is 0 Å². The lowest BCUT2D eigenvalue weighted by Gasteiger charge is -2.12. The summed E-state index contributed by atoms with van der Waals surface area (Å²) in [5.41, 5.74) is 8.16. The van der Waals surface area contributed by atoms with Crippen molar-refractivity contribution < 1.29 is 0 Å². The summed E-state index contributed by atoms with van der Waals surface area (Å²) < 4.78 is 0. The zero-order valence-corrected chi connectivity index (χ0v) is 8.81. The number of fused-ring (bicyclic) bond motifs is 1. The Morgan fingerprint density at radius 2 is 2.21 bits per heavy atom. The summed E-state index contributed by atoms with van der Waals surface area (Å²) in [6, 6.07) is 5.91. The van der Waals surface area contributed by atoms with Crippen molar-refractivity contribution in [2.75, 3.05) is 0 Å². The standard InChI is InChI=1S/C11H13ClN2/c1-2-9(13)11-7-5-6-14-10(7)4-3-8(11)12/h3-6,9,14H,2,13H2,1H3. The molecule has 0 saturated heterocycles. The summed E-state index contributed by atoms with van der Waals surface area (Å²) in [6.07, 6.45) is 2.80. The summed E-state index contributed by atoms with van der Waals surface area (Å²) in [7, 11) is 0. The van der Waals surface area contributed by atoms with Crippen LogP contribution in [0.25, 0.3) is 10.9 Å². The first-order valence-corrected chi connectivity index (χ1v) is 5.13. The third-order valence-electron chi connectivity index (χ3n) is 2.53. The van der Waals surface area contributed by atoms with Crippen molar-refractivity contribution in [3.63, 3.8) is 0 Å². The molecule has 0 bridgehead atoms. The number of aromatic nitrogens is 1. The van der Waals surface area contributed by atoms with E-state index < -0.39 is 0 Å². The maximum Gasteiger partial charge on any atom is 0.0461 e. The van der Waals surface area contributed by atoms with Gasteiger partial charge < -0.3 is 10.7 Å². The molecule has 1 atom stereocenters. The van der Waals surface area contributed by atoms with Gasteiger partial charge in [-0.25, -0.2) is 0 Å². The van der Waals surface area contributed by atoms with E-state index in [0.29, 0.717) is 0 Å². The maximum absolute atomic E-state index is 6.14. The fraction of sp³-hybridized carbons (Fsp3) is 0.273. The second-order valence-electron chi connectivity index (χ2n) is 3.41. The predicted octanol–water partition coefficient (Wildman–Crippen LogP) is 3.23. The Bertz CT molecular complexity index is 447. The van der Waals surface area contributed by atoms with Gasteiger partial charge in [0.15, 0.2) is 0 Å². The SMILES string of the molecule is CCC(N)c1c(Cl)ccc2[nH]ccc12. The largest absolute Gasteiger partial charge is 0.361 e. The highest BCUT2D eigenvalue weighted by molar-refractivity contribution is 6.32. The average Bonchev–Trinajstić information content (AvgIpc) is 2.64. The Kier molecular flexibility index (Phi) is 2.48. The average molecular weight is 209 g/mol. The van der Waals surface area contributed by atoms with Crippen LogP contribution in [-0.2, 0) is 0 Å². The molecule has 1 aromatic carbocycles. The fourth-order valence-electron chi connectivity index (χ4n) is 1.71. The van der Waals surface area contributed by atoms with Crippen LogP contribution < -0.4 is 5.73 Å². The number of hydrogen-bond donors (Lipinski definition) is 2. The van der Waals surface area contributed by atoms with Gasteiger partial charge in [-0.2, -0.15) is 0 Å². The minimum atomic E-state index is 0.0157. The van der Waals surface area contributed by atoms with E-state index in [4.69, 9.17) is 17.3 Å². The number of nitrogens with two attached hydrogens (primary N) is 1. The Balaban J connectivity index is 2.70. The first-order valence-electron chi connectivity index (χ1n) is 4.75. The molecule has 0 radical (unpaired) electrons. The highest BCUT2D eigenvalue weighted by atomic mass is 35.5. The minimum Gasteiger partial charge on any atom is -0.361 e. The van der Waals surface area contributed by atoms with Gasteiger partial charge in [0.1, 0.15) is 0 Å². The Morgan fingerprint density at radius 3 is 2.93 bits per heavy atom. The molecule has 0 saturated carbocycles. The van der Waals surface area contributed by atoms with E-state index in [-0.39, 0.29) is 6.04 Å². The highest BCUT2D eigenvalue weighted by Crippen LogP contribution is 2.30. The summed E-state index contributed by atoms with van der Waals surface area (Å²) in [4.78, 5) is 3.15. The number of halogens is 1. The predicted molar refractivity (Wildman–Crippen MR) is 60.5 cm³/mol. The summed E-state index contributed by atoms with van der Waals surface area (Å²) in [5.74, 6) is 0. The number of H-pyrrole nitrogens is 1. The van der Waals surface area contributed by atoms with Gasteiger partial charge in [-0.15, -0.1) is 0 Å². The first-order chi connectivity index (χ1) is 6.74. The van der Waals surface area contributed by atoms with Crippen LogP contribution in [0.1, 0.15) is 24.9 Å². The van der Waals surface area contributed by atoms with E-state index in [1.807, 2.05) is 24.4 Å². The number of hydrogen-bond acceptors (Lipinski definition) is 1. The van der Waals surface area contributed by atoms with Gasteiger partial charge in [-0.3, -0.25) is 0 Å². The van der Waals surface area contributed by atoms with Crippen LogP contribution in [0.5, 0.6) is 0 Å². The van der Waals surface area contributed by atoms with Gasteiger partial charge in [0, 0.05) is 28.2 Å². The molecule has 3 heteroatoms. The van der Waals surface area contributed by atoms with Crippen LogP contribution >= 0.6 is 11.6 Å². The zero-order valence-electron chi connectivity index (χ0n) is 8.05. The quantitative estimate of drug-likeness (QED) is 0.782. The Labute approximate surface area is 88.1 Å². The molecule has 0 amide bonds. The number of rotatable bonds is 2. The van der Waals surface area contributed by atoms with E-state index in [1.165, 1.54) is 0 Å². The first kappa shape index (κ1) is 9.56. The molecule has 2 rings (SSSR count). The molecule has 0 aliphatic carbocycles. The van der Waals surface area contributed by atoms with Crippen molar-refractivity contribution in [2.24, 2.45) is 5.73 Å². The minimum absolute atomic E-state index is 0.0157. The molecular formula is C11H13ClN2. The van der Waals surface area contributed by atoms with Gasteiger partial charge >= 0.3 is 0 Å². The number of nitrogens with one attached hydrogen (secondary N) is 1. The van der Waals surface area contributed by atoms with Crippen LogP contribution in [0.3, 0.4) is 0 Å². The summed E-state index contributed by atoms with van der Waals surface area (Å²) in [5, 5.41) is 1.89. The van der Waals surface area contributed by atoms with Gasteiger partial charge in [0.2, 0.25) is 0 Å². The van der Waals surface area contributed by atoms with Gasteiger partial charge in [-0.1, -0.05) is 18.5 Å². The summed E-state index contributed by atoms with van der Waals surface area (Å²) in [6.45, 7) is 2.06. The van der Waals surface area contributed by atoms with Crippen molar-refractivity contribution in [1.29, 1.82) is 0 Å². The molecule has 0 aliphatic rings. The van der Waals surface area contributed by atoms with E-state index in [2.05, 4.69) is 11.9 Å². The fourth-order valence-corrected chi connectivity index (χ4v) is 2.02. The molecule has 2 nitrogen and oxygen atoms in total. The molecule has 1 aromatic heterocycles. The van der Waals surface area contributed by atoms with Crippen LogP contribution in [0.2, 0.25) is 5.02 Å². The molecule has 0 fully saturated rings. The second-order valence-corrected chi connectivity index (χ2v) is 3.82. The highest BCUT2D eigenvalue weighted by Gasteiger charge is 2.12. The van der Waals surface area contributed by atoms with Gasteiger partial charge in [-0.05, 0) is 30.2 Å². The molecule has 14 heavy (non-hydrogen) atoms. The molecule has 0 aliphatic heterocycles. The van der Waals surface area contributed by atoms with E-state index in [0.717, 1.165) is 27.9 Å². The van der Waals surface area contributed by atoms with Crippen molar-refractivity contribution in [1.82, 2.24) is 4.98 Å². The zero-order chi connectivity index (χ0) is 10.1. The molecular weight excluding hydrogens is 196 g/mol. The molecule has 0 spiro atoms. The third kappa shape index (κ3) is 1.41. The lowest BCUT2D eigenvalue weighted by atomic mass is 10.0. The molecule has 3 N–H and O–H groups in total. The Morgan fingerprint density at radius 1 is 1.43 bits per heavy atom. The van der Waals surface area contributed by atoms with Crippen LogP contribution in [0.15, 0.2) is 24.4 Å². The summed E-state index contributed by atoms with van der Waals surface area (Å²) >= 11 is 6.14. The molecule has 1 heterocycles. The van der Waals surface area contributed by atoms with Crippen molar-refractivity contribution in [2.45, 2.75) is 19.4 Å².